The zero-order chi connectivity index (χ0) is 11.3. The minimum atomic E-state index is 0.204. The van der Waals surface area contributed by atoms with E-state index in [2.05, 4.69) is 28.4 Å². The fourth-order valence-electron chi connectivity index (χ4n) is 1.36. The molecule has 5 heteroatoms. The third kappa shape index (κ3) is 3.12. The molecule has 1 heterocycles. The maximum absolute atomic E-state index is 5.61. The summed E-state index contributed by atoms with van der Waals surface area (Å²) >= 11 is 0. The molecule has 1 rings (SSSR count). The van der Waals surface area contributed by atoms with Gasteiger partial charge in [0.05, 0.1) is 0 Å². The van der Waals surface area contributed by atoms with Crippen LogP contribution in [0.15, 0.2) is 18.7 Å². The summed E-state index contributed by atoms with van der Waals surface area (Å²) in [6, 6.07) is 1.72. The Labute approximate surface area is 89.8 Å². The van der Waals surface area contributed by atoms with Gasteiger partial charge in [-0.25, -0.2) is 0 Å². The van der Waals surface area contributed by atoms with Gasteiger partial charge >= 0.3 is 0 Å². The van der Waals surface area contributed by atoms with E-state index in [9.17, 15) is 0 Å². The molecule has 0 saturated heterocycles. The van der Waals surface area contributed by atoms with E-state index in [0.29, 0.717) is 5.82 Å². The number of rotatable bonds is 5. The van der Waals surface area contributed by atoms with Crippen LogP contribution in [0, 0.1) is 0 Å². The summed E-state index contributed by atoms with van der Waals surface area (Å²) in [5, 5.41) is 0. The molecule has 0 aliphatic carbocycles. The van der Waals surface area contributed by atoms with Gasteiger partial charge in [-0.15, -0.1) is 6.58 Å². The minimum Gasteiger partial charge on any atom is -0.383 e. The molecule has 15 heavy (non-hydrogen) atoms. The first kappa shape index (κ1) is 11.3. The molecule has 0 atom stereocenters. The van der Waals surface area contributed by atoms with Crippen molar-refractivity contribution < 1.29 is 0 Å². The van der Waals surface area contributed by atoms with Crippen LogP contribution in [0.2, 0.25) is 0 Å². The van der Waals surface area contributed by atoms with E-state index in [1.54, 1.807) is 6.07 Å². The second kappa shape index (κ2) is 5.19. The van der Waals surface area contributed by atoms with Crippen molar-refractivity contribution in [2.75, 3.05) is 29.5 Å². The topological polar surface area (TPSA) is 81.1 Å². The zero-order valence-corrected chi connectivity index (χ0v) is 8.98. The molecule has 1 aromatic heterocycles. The lowest BCUT2D eigenvalue weighted by Gasteiger charge is -2.21. The van der Waals surface area contributed by atoms with E-state index in [-0.39, 0.29) is 5.95 Å². The Balaban J connectivity index is 2.93. The van der Waals surface area contributed by atoms with Crippen LogP contribution in [0.4, 0.5) is 17.6 Å². The molecule has 5 nitrogen and oxygen atoms in total. The van der Waals surface area contributed by atoms with Gasteiger partial charge in [-0.3, -0.25) is 0 Å². The quantitative estimate of drug-likeness (QED) is 0.705. The van der Waals surface area contributed by atoms with Gasteiger partial charge < -0.3 is 16.4 Å². The molecule has 0 unspecified atom stereocenters. The van der Waals surface area contributed by atoms with Crippen LogP contribution in [0.3, 0.4) is 0 Å². The van der Waals surface area contributed by atoms with Crippen molar-refractivity contribution in [3.05, 3.63) is 18.7 Å². The fourth-order valence-corrected chi connectivity index (χ4v) is 1.36. The van der Waals surface area contributed by atoms with Crippen molar-refractivity contribution >= 4 is 17.6 Å². The lowest BCUT2D eigenvalue weighted by atomic mass is 10.3. The van der Waals surface area contributed by atoms with Crippen LogP contribution >= 0.6 is 0 Å². The number of hydrogen-bond donors (Lipinski definition) is 2. The minimum absolute atomic E-state index is 0.204. The molecule has 0 fully saturated rings. The van der Waals surface area contributed by atoms with Gasteiger partial charge in [0.15, 0.2) is 0 Å². The van der Waals surface area contributed by atoms with E-state index in [4.69, 9.17) is 11.5 Å². The smallest absolute Gasteiger partial charge is 0.223 e. The molecule has 0 aromatic carbocycles. The molecular weight excluding hydrogens is 190 g/mol. The van der Waals surface area contributed by atoms with Crippen LogP contribution < -0.4 is 16.4 Å². The number of aromatic nitrogens is 2. The first-order valence-corrected chi connectivity index (χ1v) is 4.93. The second-order valence-electron chi connectivity index (χ2n) is 3.24. The monoisotopic (exact) mass is 207 g/mol. The Kier molecular flexibility index (Phi) is 3.91. The van der Waals surface area contributed by atoms with Gasteiger partial charge in [0.1, 0.15) is 11.6 Å². The highest BCUT2D eigenvalue weighted by Gasteiger charge is 2.07. The van der Waals surface area contributed by atoms with Crippen molar-refractivity contribution in [2.24, 2.45) is 0 Å². The molecule has 4 N–H and O–H groups in total. The highest BCUT2D eigenvalue weighted by Crippen LogP contribution is 2.15. The molecule has 1 aromatic rings. The van der Waals surface area contributed by atoms with Crippen molar-refractivity contribution in [3.8, 4) is 0 Å². The molecule has 82 valence electrons. The Morgan fingerprint density at radius 3 is 2.73 bits per heavy atom. The van der Waals surface area contributed by atoms with E-state index in [0.717, 1.165) is 25.3 Å². The van der Waals surface area contributed by atoms with E-state index in [1.807, 2.05) is 6.08 Å². The predicted octanol–water partition coefficient (Wildman–Crippen LogP) is 1.04. The van der Waals surface area contributed by atoms with Gasteiger partial charge in [0.25, 0.3) is 0 Å². The van der Waals surface area contributed by atoms with E-state index < -0.39 is 0 Å². The average Bonchev–Trinajstić information content (AvgIpc) is 2.16. The maximum Gasteiger partial charge on any atom is 0.223 e. The Morgan fingerprint density at radius 1 is 1.47 bits per heavy atom. The summed E-state index contributed by atoms with van der Waals surface area (Å²) in [7, 11) is 0. The number of nitrogens with two attached hydrogens (primary N) is 2. The number of nitrogens with zero attached hydrogens (tertiary/aromatic N) is 3. The molecule has 0 saturated carbocycles. The molecule has 0 aliphatic heterocycles. The Morgan fingerprint density at radius 2 is 2.20 bits per heavy atom. The predicted molar refractivity (Wildman–Crippen MR) is 63.6 cm³/mol. The van der Waals surface area contributed by atoms with Gasteiger partial charge in [0.2, 0.25) is 5.95 Å². The number of hydrogen-bond acceptors (Lipinski definition) is 5. The fraction of sp³-hybridized carbons (Fsp3) is 0.400. The third-order valence-corrected chi connectivity index (χ3v) is 1.92. The van der Waals surface area contributed by atoms with Crippen molar-refractivity contribution in [1.29, 1.82) is 0 Å². The highest BCUT2D eigenvalue weighted by atomic mass is 15.2. The van der Waals surface area contributed by atoms with Crippen molar-refractivity contribution in [3.63, 3.8) is 0 Å². The van der Waals surface area contributed by atoms with Gasteiger partial charge in [-0.1, -0.05) is 13.0 Å². The lowest BCUT2D eigenvalue weighted by Crippen LogP contribution is -2.25. The number of nitrogen functional groups attached to an aromatic ring is 2. The summed E-state index contributed by atoms with van der Waals surface area (Å²) in [4.78, 5) is 10.0. The van der Waals surface area contributed by atoms with Crippen LogP contribution in [-0.4, -0.2) is 23.1 Å². The van der Waals surface area contributed by atoms with Gasteiger partial charge in [-0.05, 0) is 6.42 Å². The second-order valence-corrected chi connectivity index (χ2v) is 3.24. The molecule has 0 radical (unpaired) electrons. The van der Waals surface area contributed by atoms with Crippen LogP contribution in [-0.2, 0) is 0 Å². The Bertz CT molecular complexity index is 316. The zero-order valence-electron chi connectivity index (χ0n) is 8.98. The first-order chi connectivity index (χ1) is 7.17. The van der Waals surface area contributed by atoms with Crippen molar-refractivity contribution in [2.45, 2.75) is 13.3 Å². The summed E-state index contributed by atoms with van der Waals surface area (Å²) < 4.78 is 0. The molecule has 0 bridgehead atoms. The third-order valence-electron chi connectivity index (χ3n) is 1.92. The molecular formula is C10H17N5. The number of anilines is 3. The highest BCUT2D eigenvalue weighted by molar-refractivity contribution is 5.50. The van der Waals surface area contributed by atoms with E-state index >= 15 is 0 Å². The Hall–Kier alpha value is -1.78. The summed E-state index contributed by atoms with van der Waals surface area (Å²) in [5.74, 6) is 1.35. The molecule has 0 aliphatic rings. The lowest BCUT2D eigenvalue weighted by molar-refractivity contribution is 0.801. The first-order valence-electron chi connectivity index (χ1n) is 4.93. The summed E-state index contributed by atoms with van der Waals surface area (Å²) in [6.45, 7) is 7.42. The standard InChI is InChI=1S/C10H17N5/c1-3-5-15(6-4-2)9-7-8(11)13-10(12)14-9/h3,7H,1,4-6H2,2H3,(H4,11,12,13,14). The summed E-state index contributed by atoms with van der Waals surface area (Å²) in [6.07, 6.45) is 2.85. The van der Waals surface area contributed by atoms with E-state index in [1.165, 1.54) is 0 Å². The van der Waals surface area contributed by atoms with Gasteiger partial charge in [-0.2, -0.15) is 9.97 Å². The largest absolute Gasteiger partial charge is 0.383 e. The average molecular weight is 207 g/mol. The van der Waals surface area contributed by atoms with Crippen molar-refractivity contribution in [1.82, 2.24) is 9.97 Å². The van der Waals surface area contributed by atoms with Gasteiger partial charge in [0, 0.05) is 19.2 Å². The maximum atomic E-state index is 5.61. The molecule has 0 amide bonds. The summed E-state index contributed by atoms with van der Waals surface area (Å²) in [5.41, 5.74) is 11.1. The van der Waals surface area contributed by atoms with Crippen LogP contribution in [0.1, 0.15) is 13.3 Å². The van der Waals surface area contributed by atoms with Crippen LogP contribution in [0.25, 0.3) is 0 Å². The normalized spacial score (nSPS) is 9.93. The SMILES string of the molecule is C=CCN(CCC)c1cc(N)nc(N)n1. The van der Waals surface area contributed by atoms with Crippen LogP contribution in [0.5, 0.6) is 0 Å². The molecule has 0 spiro atoms.